The van der Waals surface area contributed by atoms with E-state index >= 15 is 0 Å². The second-order valence-corrected chi connectivity index (χ2v) is 6.38. The molecule has 0 aliphatic rings. The van der Waals surface area contributed by atoms with Gasteiger partial charge in [0.25, 0.3) is 0 Å². The molecule has 25 heavy (non-hydrogen) atoms. The number of pyridine rings is 1. The molecule has 6 heteroatoms. The zero-order valence-electron chi connectivity index (χ0n) is 14.5. The van der Waals surface area contributed by atoms with E-state index in [9.17, 15) is 5.26 Å². The van der Waals surface area contributed by atoms with E-state index < -0.39 is 0 Å². The fourth-order valence-electron chi connectivity index (χ4n) is 2.90. The Bertz CT molecular complexity index is 927. The van der Waals surface area contributed by atoms with Crippen LogP contribution in [-0.2, 0) is 0 Å². The van der Waals surface area contributed by atoms with Crippen LogP contribution in [0.5, 0.6) is 5.75 Å². The molecule has 2 heterocycles. The van der Waals surface area contributed by atoms with E-state index in [0.717, 1.165) is 17.4 Å². The fourth-order valence-corrected chi connectivity index (χ4v) is 2.90. The first-order valence-corrected chi connectivity index (χ1v) is 8.10. The molecule has 6 nitrogen and oxygen atoms in total. The number of aromatic nitrogens is 2. The molecule has 0 bridgehead atoms. The highest BCUT2D eigenvalue weighted by molar-refractivity contribution is 5.91. The second-order valence-electron chi connectivity index (χ2n) is 6.38. The summed E-state index contributed by atoms with van der Waals surface area (Å²) in [5.74, 6) is 1.62. The van der Waals surface area contributed by atoms with E-state index in [-0.39, 0.29) is 6.04 Å². The molecule has 1 atom stereocenters. The number of oxazole rings is 1. The Morgan fingerprint density at radius 3 is 2.72 bits per heavy atom. The topological polar surface area (TPSA) is 98.0 Å². The molecular weight excluding hydrogens is 316 g/mol. The smallest absolute Gasteiger partial charge is 0.181 e. The van der Waals surface area contributed by atoms with Gasteiger partial charge in [0.15, 0.2) is 12.2 Å². The van der Waals surface area contributed by atoms with Crippen molar-refractivity contribution in [3.8, 4) is 23.1 Å². The lowest BCUT2D eigenvalue weighted by molar-refractivity contribution is 0.415. The molecule has 2 N–H and O–H groups in total. The molecule has 3 rings (SSSR count). The molecule has 1 aromatic carbocycles. The molecule has 0 amide bonds. The van der Waals surface area contributed by atoms with Gasteiger partial charge in [-0.1, -0.05) is 13.8 Å². The van der Waals surface area contributed by atoms with E-state index in [0.29, 0.717) is 34.2 Å². The average molecular weight is 336 g/mol. The quantitative estimate of drug-likeness (QED) is 0.760. The van der Waals surface area contributed by atoms with Crippen LogP contribution in [0.2, 0.25) is 0 Å². The number of ether oxygens (including phenoxy) is 1. The summed E-state index contributed by atoms with van der Waals surface area (Å²) in [6.07, 6.45) is 3.77. The van der Waals surface area contributed by atoms with Gasteiger partial charge in [-0.05, 0) is 24.5 Å². The number of hydrogen-bond acceptors (Lipinski definition) is 6. The Kier molecular flexibility index (Phi) is 4.68. The summed E-state index contributed by atoms with van der Waals surface area (Å²) < 4.78 is 10.8. The fraction of sp³-hybridized carbons (Fsp3) is 0.316. The maximum Gasteiger partial charge on any atom is 0.181 e. The molecule has 0 spiro atoms. The lowest BCUT2D eigenvalue weighted by Gasteiger charge is -2.16. The van der Waals surface area contributed by atoms with Crippen LogP contribution < -0.4 is 10.5 Å². The van der Waals surface area contributed by atoms with Gasteiger partial charge in [-0.3, -0.25) is 4.98 Å². The summed E-state index contributed by atoms with van der Waals surface area (Å²) in [5.41, 5.74) is 8.91. The van der Waals surface area contributed by atoms with Gasteiger partial charge >= 0.3 is 0 Å². The van der Waals surface area contributed by atoms with Crippen LogP contribution in [0.4, 0.5) is 0 Å². The normalized spacial score (nSPS) is 12.3. The SMILES string of the molecule is COc1cc2nc(C(N)CC(C)C)cc(C#N)c2cc1-c1cnco1. The Morgan fingerprint density at radius 2 is 2.12 bits per heavy atom. The van der Waals surface area contributed by atoms with Crippen molar-refractivity contribution in [2.45, 2.75) is 26.3 Å². The second kappa shape index (κ2) is 6.91. The number of hydrogen-bond donors (Lipinski definition) is 1. The van der Waals surface area contributed by atoms with Crippen molar-refractivity contribution < 1.29 is 9.15 Å². The van der Waals surface area contributed by atoms with E-state index in [4.69, 9.17) is 14.9 Å². The predicted octanol–water partition coefficient (Wildman–Crippen LogP) is 3.82. The van der Waals surface area contributed by atoms with Crippen LogP contribution in [0.25, 0.3) is 22.2 Å². The number of benzene rings is 1. The first kappa shape index (κ1) is 16.9. The highest BCUT2D eigenvalue weighted by atomic mass is 16.5. The van der Waals surface area contributed by atoms with Gasteiger partial charge in [0.05, 0.1) is 41.7 Å². The Balaban J connectivity index is 2.19. The van der Waals surface area contributed by atoms with Gasteiger partial charge in [0.2, 0.25) is 0 Å². The Labute approximate surface area is 146 Å². The molecule has 0 aliphatic carbocycles. The van der Waals surface area contributed by atoms with E-state index in [2.05, 4.69) is 29.9 Å². The molecule has 2 aromatic heterocycles. The number of nitrogens with zero attached hydrogens (tertiary/aromatic N) is 3. The zero-order valence-corrected chi connectivity index (χ0v) is 14.5. The molecule has 1 unspecified atom stereocenters. The van der Waals surface area contributed by atoms with Crippen LogP contribution in [0, 0.1) is 17.2 Å². The first-order valence-electron chi connectivity index (χ1n) is 8.10. The largest absolute Gasteiger partial charge is 0.496 e. The van der Waals surface area contributed by atoms with Crippen molar-refractivity contribution in [2.75, 3.05) is 7.11 Å². The number of methoxy groups -OCH3 is 1. The molecule has 0 saturated heterocycles. The van der Waals surface area contributed by atoms with Gasteiger partial charge < -0.3 is 14.9 Å². The lowest BCUT2D eigenvalue weighted by Crippen LogP contribution is -2.15. The average Bonchev–Trinajstić information content (AvgIpc) is 3.13. The molecular formula is C19H20N4O2. The summed E-state index contributed by atoms with van der Waals surface area (Å²) in [6.45, 7) is 4.22. The maximum absolute atomic E-state index is 9.59. The van der Waals surface area contributed by atoms with Crippen molar-refractivity contribution in [3.05, 3.63) is 42.0 Å². The molecule has 0 fully saturated rings. The van der Waals surface area contributed by atoms with Gasteiger partial charge in [0, 0.05) is 17.5 Å². The van der Waals surface area contributed by atoms with Gasteiger partial charge in [-0.15, -0.1) is 0 Å². The van der Waals surface area contributed by atoms with Gasteiger partial charge in [0.1, 0.15) is 5.75 Å². The predicted molar refractivity (Wildman–Crippen MR) is 94.9 cm³/mol. The molecule has 0 aliphatic heterocycles. The number of nitriles is 1. The summed E-state index contributed by atoms with van der Waals surface area (Å²) in [4.78, 5) is 8.61. The van der Waals surface area contributed by atoms with Gasteiger partial charge in [-0.25, -0.2) is 4.98 Å². The van der Waals surface area contributed by atoms with E-state index in [1.165, 1.54) is 6.39 Å². The minimum atomic E-state index is -0.212. The minimum absolute atomic E-state index is 0.212. The van der Waals surface area contributed by atoms with Crippen LogP contribution in [0.15, 0.2) is 35.2 Å². The molecule has 128 valence electrons. The van der Waals surface area contributed by atoms with Crippen LogP contribution >= 0.6 is 0 Å². The number of fused-ring (bicyclic) bond motifs is 1. The number of rotatable bonds is 5. The summed E-state index contributed by atoms with van der Waals surface area (Å²) in [6, 6.07) is 7.45. The standard InChI is InChI=1S/C19H20N4O2/c1-11(2)4-15(21)17-5-12(8-20)13-6-14(19-9-22-10-25-19)18(24-3)7-16(13)23-17/h5-7,9-11,15H,4,21H2,1-3H3. The van der Waals surface area contributed by atoms with Crippen molar-refractivity contribution in [2.24, 2.45) is 11.7 Å². The van der Waals surface area contributed by atoms with E-state index in [1.807, 2.05) is 6.07 Å². The van der Waals surface area contributed by atoms with Crippen molar-refractivity contribution in [1.29, 1.82) is 5.26 Å². The highest BCUT2D eigenvalue weighted by Gasteiger charge is 2.17. The summed E-state index contributed by atoms with van der Waals surface area (Å²) in [5, 5.41) is 10.3. The zero-order chi connectivity index (χ0) is 18.0. The highest BCUT2D eigenvalue weighted by Crippen LogP contribution is 2.35. The molecule has 3 aromatic rings. The van der Waals surface area contributed by atoms with Crippen LogP contribution in [0.3, 0.4) is 0 Å². The number of nitrogens with two attached hydrogens (primary N) is 1. The summed E-state index contributed by atoms with van der Waals surface area (Å²) >= 11 is 0. The monoisotopic (exact) mass is 336 g/mol. The van der Waals surface area contributed by atoms with Crippen LogP contribution in [0.1, 0.15) is 37.6 Å². The third-order valence-electron chi connectivity index (χ3n) is 4.07. The van der Waals surface area contributed by atoms with Crippen molar-refractivity contribution in [3.63, 3.8) is 0 Å². The lowest BCUT2D eigenvalue weighted by atomic mass is 9.98. The van der Waals surface area contributed by atoms with Crippen LogP contribution in [-0.4, -0.2) is 17.1 Å². The summed E-state index contributed by atoms with van der Waals surface area (Å²) in [7, 11) is 1.58. The Morgan fingerprint density at radius 1 is 1.32 bits per heavy atom. The van der Waals surface area contributed by atoms with Gasteiger partial charge in [-0.2, -0.15) is 5.26 Å². The first-order chi connectivity index (χ1) is 12.0. The van der Waals surface area contributed by atoms with E-state index in [1.54, 1.807) is 25.4 Å². The third-order valence-corrected chi connectivity index (χ3v) is 4.07. The Hall–Kier alpha value is -2.91. The van der Waals surface area contributed by atoms with Crippen molar-refractivity contribution in [1.82, 2.24) is 9.97 Å². The molecule has 0 radical (unpaired) electrons. The minimum Gasteiger partial charge on any atom is -0.496 e. The maximum atomic E-state index is 9.59. The van der Waals surface area contributed by atoms with Crippen molar-refractivity contribution >= 4 is 10.9 Å². The third kappa shape index (κ3) is 3.32. The molecule has 0 saturated carbocycles.